The molecular formula is C14H26N2O3. The number of carboxylic acids is 1. The first kappa shape index (κ1) is 15.8. The second kappa shape index (κ2) is 7.36. The first-order valence-corrected chi connectivity index (χ1v) is 7.19. The number of carbonyl (C=O) groups is 2. The number of nitrogens with one attached hydrogen (secondary N) is 2. The van der Waals surface area contributed by atoms with Crippen molar-refractivity contribution < 1.29 is 14.7 Å². The maximum atomic E-state index is 11.8. The van der Waals surface area contributed by atoms with Crippen LogP contribution in [0.25, 0.3) is 0 Å². The number of hydrogen-bond acceptors (Lipinski definition) is 2. The van der Waals surface area contributed by atoms with Crippen molar-refractivity contribution in [2.45, 2.75) is 64.3 Å². The van der Waals surface area contributed by atoms with Crippen LogP contribution in [-0.4, -0.2) is 29.2 Å². The lowest BCUT2D eigenvalue weighted by molar-refractivity contribution is -0.137. The summed E-state index contributed by atoms with van der Waals surface area (Å²) in [5.74, 6) is -0.605. The van der Waals surface area contributed by atoms with E-state index in [2.05, 4.69) is 17.6 Å². The van der Waals surface area contributed by atoms with E-state index in [-0.39, 0.29) is 23.9 Å². The zero-order chi connectivity index (χ0) is 14.3. The number of amides is 2. The Bertz CT molecular complexity index is 312. The maximum Gasteiger partial charge on any atom is 0.315 e. The molecule has 1 saturated carbocycles. The summed E-state index contributed by atoms with van der Waals surface area (Å²) in [5.41, 5.74) is -0.0768. The Morgan fingerprint density at radius 2 is 1.89 bits per heavy atom. The number of carboxylic acid groups (broad SMARTS) is 1. The molecule has 1 unspecified atom stereocenters. The molecule has 0 spiro atoms. The highest BCUT2D eigenvalue weighted by atomic mass is 16.4. The molecule has 1 aliphatic rings. The molecule has 0 aromatic carbocycles. The van der Waals surface area contributed by atoms with Gasteiger partial charge in [-0.25, -0.2) is 4.79 Å². The molecule has 1 rings (SSSR count). The molecule has 5 nitrogen and oxygen atoms in total. The van der Waals surface area contributed by atoms with Gasteiger partial charge in [-0.1, -0.05) is 26.2 Å². The van der Waals surface area contributed by atoms with Crippen molar-refractivity contribution in [3.05, 3.63) is 0 Å². The fourth-order valence-electron chi connectivity index (χ4n) is 2.51. The Kier molecular flexibility index (Phi) is 6.12. The lowest BCUT2D eigenvalue weighted by Gasteiger charge is -2.34. The summed E-state index contributed by atoms with van der Waals surface area (Å²) in [5, 5.41) is 14.5. The van der Waals surface area contributed by atoms with Gasteiger partial charge in [-0.15, -0.1) is 0 Å². The summed E-state index contributed by atoms with van der Waals surface area (Å²) in [7, 11) is 0. The third kappa shape index (κ3) is 6.45. The first-order valence-electron chi connectivity index (χ1n) is 7.19. The van der Waals surface area contributed by atoms with E-state index < -0.39 is 5.97 Å². The highest BCUT2D eigenvalue weighted by Crippen LogP contribution is 2.27. The van der Waals surface area contributed by atoms with Crippen LogP contribution >= 0.6 is 0 Å². The van der Waals surface area contributed by atoms with Gasteiger partial charge >= 0.3 is 12.0 Å². The molecule has 0 aliphatic heterocycles. The van der Waals surface area contributed by atoms with E-state index in [1.165, 1.54) is 19.3 Å². The van der Waals surface area contributed by atoms with Crippen LogP contribution in [0.2, 0.25) is 0 Å². The van der Waals surface area contributed by atoms with Gasteiger partial charge in [-0.3, -0.25) is 4.79 Å². The summed E-state index contributed by atoms with van der Waals surface area (Å²) in [6.07, 6.45) is 6.42. The molecule has 0 aromatic heterocycles. The van der Waals surface area contributed by atoms with E-state index in [1.807, 2.05) is 6.92 Å². The minimum Gasteiger partial charge on any atom is -0.481 e. The molecule has 1 aliphatic carbocycles. The standard InChI is InChI=1S/C14H26N2O3/c1-11(6-7-12(17)18)10-15-13(19)16-14(2)8-4-3-5-9-14/h11H,3-10H2,1-2H3,(H,17,18)(H2,15,16,19). The number of carbonyl (C=O) groups excluding carboxylic acids is 1. The van der Waals surface area contributed by atoms with E-state index in [0.29, 0.717) is 13.0 Å². The summed E-state index contributed by atoms with van der Waals surface area (Å²) in [6, 6.07) is -0.133. The normalized spacial score (nSPS) is 19.5. The van der Waals surface area contributed by atoms with Crippen molar-refractivity contribution in [2.75, 3.05) is 6.54 Å². The molecule has 19 heavy (non-hydrogen) atoms. The van der Waals surface area contributed by atoms with Crippen LogP contribution in [-0.2, 0) is 4.79 Å². The SMILES string of the molecule is CC(CCC(=O)O)CNC(=O)NC1(C)CCCCC1. The van der Waals surface area contributed by atoms with Crippen LogP contribution in [0, 0.1) is 5.92 Å². The number of aliphatic carboxylic acids is 1. The van der Waals surface area contributed by atoms with Gasteiger partial charge in [-0.05, 0) is 32.1 Å². The molecule has 0 radical (unpaired) electrons. The minimum absolute atomic E-state index is 0.0768. The van der Waals surface area contributed by atoms with Crippen molar-refractivity contribution in [1.82, 2.24) is 10.6 Å². The van der Waals surface area contributed by atoms with E-state index in [4.69, 9.17) is 5.11 Å². The fraction of sp³-hybridized carbons (Fsp3) is 0.857. The molecule has 3 N–H and O–H groups in total. The highest BCUT2D eigenvalue weighted by molar-refractivity contribution is 5.74. The molecule has 5 heteroatoms. The Hall–Kier alpha value is -1.26. The van der Waals surface area contributed by atoms with E-state index in [9.17, 15) is 9.59 Å². The third-order valence-electron chi connectivity index (χ3n) is 3.83. The molecule has 0 bridgehead atoms. The Balaban J connectivity index is 2.21. The molecule has 0 saturated heterocycles. The molecular weight excluding hydrogens is 244 g/mol. The summed E-state index contributed by atoms with van der Waals surface area (Å²) in [4.78, 5) is 22.3. The lowest BCUT2D eigenvalue weighted by Crippen LogP contribution is -2.51. The second-order valence-electron chi connectivity index (χ2n) is 5.99. The summed E-state index contributed by atoms with van der Waals surface area (Å²) >= 11 is 0. The quantitative estimate of drug-likeness (QED) is 0.694. The monoisotopic (exact) mass is 270 g/mol. The Morgan fingerprint density at radius 3 is 2.47 bits per heavy atom. The van der Waals surface area contributed by atoms with Crippen molar-refractivity contribution in [3.8, 4) is 0 Å². The molecule has 0 aromatic rings. The van der Waals surface area contributed by atoms with Crippen LogP contribution in [0.5, 0.6) is 0 Å². The van der Waals surface area contributed by atoms with Gasteiger partial charge in [0, 0.05) is 18.5 Å². The van der Waals surface area contributed by atoms with Crippen molar-refractivity contribution in [1.29, 1.82) is 0 Å². The molecule has 1 fully saturated rings. The lowest BCUT2D eigenvalue weighted by atomic mass is 9.83. The maximum absolute atomic E-state index is 11.8. The molecule has 110 valence electrons. The first-order chi connectivity index (χ1) is 8.91. The van der Waals surface area contributed by atoms with Crippen LogP contribution in [0.3, 0.4) is 0 Å². The van der Waals surface area contributed by atoms with Gasteiger partial charge in [0.15, 0.2) is 0 Å². The number of hydrogen-bond donors (Lipinski definition) is 3. The predicted molar refractivity (Wildman–Crippen MR) is 74.1 cm³/mol. The van der Waals surface area contributed by atoms with Gasteiger partial charge in [-0.2, -0.15) is 0 Å². The number of rotatable bonds is 6. The van der Waals surface area contributed by atoms with Crippen LogP contribution in [0.4, 0.5) is 4.79 Å². The largest absolute Gasteiger partial charge is 0.481 e. The summed E-state index contributed by atoms with van der Waals surface area (Å²) < 4.78 is 0. The van der Waals surface area contributed by atoms with Crippen LogP contribution in [0.1, 0.15) is 58.8 Å². The van der Waals surface area contributed by atoms with E-state index in [1.54, 1.807) is 0 Å². The Morgan fingerprint density at radius 1 is 1.26 bits per heavy atom. The second-order valence-corrected chi connectivity index (χ2v) is 5.99. The average molecular weight is 270 g/mol. The van der Waals surface area contributed by atoms with Gasteiger partial charge < -0.3 is 15.7 Å². The van der Waals surface area contributed by atoms with Crippen LogP contribution in [0.15, 0.2) is 0 Å². The molecule has 2 amide bonds. The molecule has 0 heterocycles. The fourth-order valence-corrected chi connectivity index (χ4v) is 2.51. The van der Waals surface area contributed by atoms with Crippen molar-refractivity contribution >= 4 is 12.0 Å². The smallest absolute Gasteiger partial charge is 0.315 e. The average Bonchev–Trinajstić information content (AvgIpc) is 2.34. The summed E-state index contributed by atoms with van der Waals surface area (Å²) in [6.45, 7) is 4.57. The topological polar surface area (TPSA) is 78.4 Å². The van der Waals surface area contributed by atoms with Gasteiger partial charge in [0.2, 0.25) is 0 Å². The van der Waals surface area contributed by atoms with Crippen molar-refractivity contribution in [2.24, 2.45) is 5.92 Å². The highest BCUT2D eigenvalue weighted by Gasteiger charge is 2.28. The zero-order valence-electron chi connectivity index (χ0n) is 12.0. The third-order valence-corrected chi connectivity index (χ3v) is 3.83. The van der Waals surface area contributed by atoms with Gasteiger partial charge in [0.1, 0.15) is 0 Å². The predicted octanol–water partition coefficient (Wildman–Crippen LogP) is 2.51. The van der Waals surface area contributed by atoms with Crippen LogP contribution < -0.4 is 10.6 Å². The van der Waals surface area contributed by atoms with E-state index in [0.717, 1.165) is 12.8 Å². The minimum atomic E-state index is -0.786. The zero-order valence-corrected chi connectivity index (χ0v) is 12.0. The Labute approximate surface area is 115 Å². The molecule has 1 atom stereocenters. The van der Waals surface area contributed by atoms with Gasteiger partial charge in [0.25, 0.3) is 0 Å². The van der Waals surface area contributed by atoms with Gasteiger partial charge in [0.05, 0.1) is 0 Å². The van der Waals surface area contributed by atoms with E-state index >= 15 is 0 Å². The number of urea groups is 1. The van der Waals surface area contributed by atoms with Crippen molar-refractivity contribution in [3.63, 3.8) is 0 Å².